The van der Waals surface area contributed by atoms with Crippen molar-refractivity contribution in [3.05, 3.63) is 39.8 Å². The quantitative estimate of drug-likeness (QED) is 0.712. The first-order chi connectivity index (χ1) is 11.4. The predicted octanol–water partition coefficient (Wildman–Crippen LogP) is 5.90. The molecule has 138 valence electrons. The van der Waals surface area contributed by atoms with Crippen LogP contribution in [-0.4, -0.2) is 10.5 Å². The van der Waals surface area contributed by atoms with Crippen LogP contribution in [0.3, 0.4) is 0 Å². The van der Waals surface area contributed by atoms with Gasteiger partial charge in [0.25, 0.3) is 5.91 Å². The van der Waals surface area contributed by atoms with Gasteiger partial charge in [-0.15, -0.1) is 11.3 Å². The molecule has 1 N–H and O–H groups in total. The van der Waals surface area contributed by atoms with Crippen molar-refractivity contribution in [3.63, 3.8) is 0 Å². The summed E-state index contributed by atoms with van der Waals surface area (Å²) < 4.78 is 40.6. The van der Waals surface area contributed by atoms with Crippen LogP contribution in [0.15, 0.2) is 23.8 Å². The molecule has 3 nitrogen and oxygen atoms in total. The van der Waals surface area contributed by atoms with E-state index < -0.39 is 17.6 Å². The number of carbonyl (C=O) groups is 1. The summed E-state index contributed by atoms with van der Waals surface area (Å²) in [6.07, 6.45) is -1.53. The van der Waals surface area contributed by atoms with Crippen LogP contribution in [0.2, 0.25) is 0 Å². The van der Waals surface area contributed by atoms with Crippen molar-refractivity contribution in [2.24, 2.45) is 12.5 Å². The van der Waals surface area contributed by atoms with E-state index in [9.17, 15) is 18.0 Å². The zero-order chi connectivity index (χ0) is 19.0. The maximum Gasteiger partial charge on any atom is 0.418 e. The SMILES string of the molecule is CC(CC(C)(C)C)c1sccc1NC(=O)c1cn(C)cc1C(F)(F)F. The molecule has 0 aliphatic carbocycles. The fourth-order valence-corrected chi connectivity index (χ4v) is 3.91. The molecule has 0 radical (unpaired) electrons. The van der Waals surface area contributed by atoms with E-state index in [0.29, 0.717) is 5.69 Å². The van der Waals surface area contributed by atoms with Crippen LogP contribution < -0.4 is 5.32 Å². The van der Waals surface area contributed by atoms with Gasteiger partial charge in [0.2, 0.25) is 0 Å². The molecule has 0 aliphatic heterocycles. The second kappa shape index (κ2) is 6.86. The highest BCUT2D eigenvalue weighted by Gasteiger charge is 2.36. The molecule has 2 heterocycles. The molecule has 1 amide bonds. The van der Waals surface area contributed by atoms with Crippen LogP contribution in [0.5, 0.6) is 0 Å². The molecule has 1 atom stereocenters. The van der Waals surface area contributed by atoms with Crippen molar-refractivity contribution in [3.8, 4) is 0 Å². The zero-order valence-corrected chi connectivity index (χ0v) is 15.8. The van der Waals surface area contributed by atoms with Gasteiger partial charge in [-0.1, -0.05) is 27.7 Å². The second-order valence-corrected chi connectivity index (χ2v) is 8.51. The van der Waals surface area contributed by atoms with Crippen molar-refractivity contribution in [1.29, 1.82) is 0 Å². The number of alkyl halides is 3. The molecule has 0 aliphatic rings. The third kappa shape index (κ3) is 4.87. The Hall–Kier alpha value is -1.76. The fourth-order valence-electron chi connectivity index (χ4n) is 3.00. The molecule has 1 unspecified atom stereocenters. The third-order valence-electron chi connectivity index (χ3n) is 3.82. The predicted molar refractivity (Wildman–Crippen MR) is 95.2 cm³/mol. The summed E-state index contributed by atoms with van der Waals surface area (Å²) in [6, 6.07) is 1.74. The van der Waals surface area contributed by atoms with Crippen LogP contribution in [-0.2, 0) is 13.2 Å². The van der Waals surface area contributed by atoms with E-state index in [0.717, 1.165) is 17.5 Å². The van der Waals surface area contributed by atoms with E-state index in [1.54, 1.807) is 6.07 Å². The van der Waals surface area contributed by atoms with Gasteiger partial charge in [0.15, 0.2) is 0 Å². The molecular weight excluding hydrogens is 349 g/mol. The van der Waals surface area contributed by atoms with Crippen LogP contribution >= 0.6 is 11.3 Å². The fraction of sp³-hybridized carbons (Fsp3) is 0.500. The number of amides is 1. The zero-order valence-electron chi connectivity index (χ0n) is 15.0. The molecule has 0 saturated heterocycles. The van der Waals surface area contributed by atoms with Crippen LogP contribution in [0.4, 0.5) is 18.9 Å². The monoisotopic (exact) mass is 372 g/mol. The van der Waals surface area contributed by atoms with E-state index in [1.165, 1.54) is 29.1 Å². The Morgan fingerprint density at radius 1 is 1.28 bits per heavy atom. The third-order valence-corrected chi connectivity index (χ3v) is 4.96. The summed E-state index contributed by atoms with van der Waals surface area (Å²) >= 11 is 1.51. The summed E-state index contributed by atoms with van der Waals surface area (Å²) in [7, 11) is 1.47. The van der Waals surface area contributed by atoms with Crippen molar-refractivity contribution < 1.29 is 18.0 Å². The number of hydrogen-bond donors (Lipinski definition) is 1. The van der Waals surface area contributed by atoms with Crippen LogP contribution in [0.1, 0.15) is 60.8 Å². The molecule has 25 heavy (non-hydrogen) atoms. The number of nitrogens with zero attached hydrogens (tertiary/aromatic N) is 1. The summed E-state index contributed by atoms with van der Waals surface area (Å²) in [5.41, 5.74) is -0.584. The number of nitrogens with one attached hydrogen (secondary N) is 1. The molecule has 2 aromatic heterocycles. The van der Waals surface area contributed by atoms with Gasteiger partial charge in [0.05, 0.1) is 16.8 Å². The minimum atomic E-state index is -4.56. The Morgan fingerprint density at radius 3 is 2.48 bits per heavy atom. The lowest BCUT2D eigenvalue weighted by molar-refractivity contribution is -0.137. The smallest absolute Gasteiger partial charge is 0.356 e. The first-order valence-corrected chi connectivity index (χ1v) is 8.88. The van der Waals surface area contributed by atoms with E-state index in [4.69, 9.17) is 0 Å². The number of carbonyl (C=O) groups excluding carboxylic acids is 1. The molecular formula is C18H23F3N2OS. The number of aromatic nitrogens is 1. The van der Waals surface area contributed by atoms with Crippen LogP contribution in [0.25, 0.3) is 0 Å². The summed E-state index contributed by atoms with van der Waals surface area (Å²) in [6.45, 7) is 8.47. The lowest BCUT2D eigenvalue weighted by Crippen LogP contribution is -2.18. The average Bonchev–Trinajstić information content (AvgIpc) is 3.02. The number of halogens is 3. The van der Waals surface area contributed by atoms with Crippen molar-refractivity contribution in [2.45, 2.75) is 46.2 Å². The molecule has 0 bridgehead atoms. The van der Waals surface area contributed by atoms with Gasteiger partial charge in [0.1, 0.15) is 0 Å². The Balaban J connectivity index is 2.25. The summed E-state index contributed by atoms with van der Waals surface area (Å²) in [5, 5.41) is 4.50. The standard InChI is InChI=1S/C18H23F3N2OS/c1-11(8-17(2,3)4)15-14(6-7-25-15)22-16(24)12-9-23(5)10-13(12)18(19,20)21/h6-7,9-11H,8H2,1-5H3,(H,22,24). The molecule has 7 heteroatoms. The van der Waals surface area contributed by atoms with Crippen molar-refractivity contribution in [2.75, 3.05) is 5.32 Å². The number of anilines is 1. The number of hydrogen-bond acceptors (Lipinski definition) is 2. The highest BCUT2D eigenvalue weighted by atomic mass is 32.1. The van der Waals surface area contributed by atoms with Gasteiger partial charge in [0, 0.05) is 24.3 Å². The largest absolute Gasteiger partial charge is 0.418 e. The molecule has 2 rings (SSSR count). The molecule has 2 aromatic rings. The minimum Gasteiger partial charge on any atom is -0.356 e. The maximum atomic E-state index is 13.1. The first kappa shape index (κ1) is 19.6. The molecule has 0 aromatic carbocycles. The lowest BCUT2D eigenvalue weighted by atomic mass is 9.84. The van der Waals surface area contributed by atoms with E-state index in [2.05, 4.69) is 33.0 Å². The molecule has 0 fully saturated rings. The van der Waals surface area contributed by atoms with Gasteiger partial charge in [-0.3, -0.25) is 4.79 Å². The highest BCUT2D eigenvalue weighted by Crippen LogP contribution is 2.38. The van der Waals surface area contributed by atoms with Gasteiger partial charge in [-0.2, -0.15) is 13.2 Å². The van der Waals surface area contributed by atoms with Gasteiger partial charge >= 0.3 is 6.18 Å². The Morgan fingerprint density at radius 2 is 1.92 bits per heavy atom. The number of thiophene rings is 1. The normalized spacial score (nSPS) is 13.8. The Bertz CT molecular complexity index is 753. The topological polar surface area (TPSA) is 34.0 Å². The second-order valence-electron chi connectivity index (χ2n) is 7.57. The highest BCUT2D eigenvalue weighted by molar-refractivity contribution is 7.10. The van der Waals surface area contributed by atoms with Gasteiger partial charge < -0.3 is 9.88 Å². The average molecular weight is 372 g/mol. The number of aryl methyl sites for hydroxylation is 1. The lowest BCUT2D eigenvalue weighted by Gasteiger charge is -2.23. The summed E-state index contributed by atoms with van der Waals surface area (Å²) in [5.74, 6) is -0.538. The Labute approximate surface area is 149 Å². The maximum absolute atomic E-state index is 13.1. The van der Waals surface area contributed by atoms with Crippen molar-refractivity contribution in [1.82, 2.24) is 4.57 Å². The van der Waals surface area contributed by atoms with E-state index in [1.807, 2.05) is 5.38 Å². The van der Waals surface area contributed by atoms with Crippen molar-refractivity contribution >= 4 is 22.9 Å². The summed E-state index contributed by atoms with van der Waals surface area (Å²) in [4.78, 5) is 13.4. The van der Waals surface area contributed by atoms with E-state index in [-0.39, 0.29) is 16.9 Å². The minimum absolute atomic E-state index is 0.119. The molecule has 0 saturated carbocycles. The molecule has 0 spiro atoms. The van der Waals surface area contributed by atoms with E-state index >= 15 is 0 Å². The van der Waals surface area contributed by atoms with Crippen LogP contribution in [0, 0.1) is 5.41 Å². The van der Waals surface area contributed by atoms with Gasteiger partial charge in [-0.05, 0) is 29.2 Å². The Kier molecular flexibility index (Phi) is 5.37. The van der Waals surface area contributed by atoms with Gasteiger partial charge in [-0.25, -0.2) is 0 Å². The first-order valence-electron chi connectivity index (χ1n) is 8.00. The number of rotatable bonds is 4.